The molecule has 98 valence electrons. The standard InChI is InChI=1S/C8H13N7O2S/c1-14-6-10-7(9)8(14)18(16,17)12-3-5-15-4-2-11-13-15/h2,4,6,12H,3,5,9H2,1H3. The quantitative estimate of drug-likeness (QED) is 0.688. The summed E-state index contributed by atoms with van der Waals surface area (Å²) in [5.41, 5.74) is 5.52. The summed E-state index contributed by atoms with van der Waals surface area (Å²) in [5, 5.41) is 7.30. The van der Waals surface area contributed by atoms with Crippen molar-refractivity contribution in [1.82, 2.24) is 29.3 Å². The summed E-state index contributed by atoms with van der Waals surface area (Å²) in [6, 6.07) is 0. The van der Waals surface area contributed by atoms with E-state index in [1.807, 2.05) is 0 Å². The smallest absolute Gasteiger partial charge is 0.260 e. The maximum Gasteiger partial charge on any atom is 0.260 e. The number of nitrogens with two attached hydrogens (primary N) is 1. The molecule has 0 saturated heterocycles. The highest BCUT2D eigenvalue weighted by atomic mass is 32.2. The highest BCUT2D eigenvalue weighted by molar-refractivity contribution is 7.89. The van der Waals surface area contributed by atoms with Gasteiger partial charge in [-0.1, -0.05) is 5.21 Å². The third-order valence-corrected chi connectivity index (χ3v) is 3.86. The number of aryl methyl sites for hydroxylation is 1. The molecule has 0 aliphatic carbocycles. The number of nitrogen functional groups attached to an aromatic ring is 1. The molecular formula is C8H13N7O2S. The number of sulfonamides is 1. The zero-order valence-electron chi connectivity index (χ0n) is 9.68. The van der Waals surface area contributed by atoms with E-state index < -0.39 is 10.0 Å². The first kappa shape index (κ1) is 12.5. The summed E-state index contributed by atoms with van der Waals surface area (Å²) in [6.45, 7) is 0.577. The van der Waals surface area contributed by atoms with Crippen LogP contribution in [0.4, 0.5) is 5.82 Å². The minimum absolute atomic E-state index is 0.0224. The van der Waals surface area contributed by atoms with Crippen molar-refractivity contribution in [2.45, 2.75) is 11.6 Å². The van der Waals surface area contributed by atoms with Gasteiger partial charge in [-0.05, 0) is 0 Å². The van der Waals surface area contributed by atoms with Crippen molar-refractivity contribution in [1.29, 1.82) is 0 Å². The molecule has 10 heteroatoms. The van der Waals surface area contributed by atoms with Gasteiger partial charge in [-0.15, -0.1) is 5.10 Å². The van der Waals surface area contributed by atoms with Crippen molar-refractivity contribution < 1.29 is 8.42 Å². The second-order valence-electron chi connectivity index (χ2n) is 3.61. The fourth-order valence-corrected chi connectivity index (χ4v) is 2.73. The molecular weight excluding hydrogens is 258 g/mol. The third kappa shape index (κ3) is 2.49. The average Bonchev–Trinajstić information content (AvgIpc) is 2.89. The van der Waals surface area contributed by atoms with Gasteiger partial charge in [-0.25, -0.2) is 18.1 Å². The topological polar surface area (TPSA) is 121 Å². The molecule has 0 fully saturated rings. The zero-order chi connectivity index (χ0) is 13.2. The molecule has 0 radical (unpaired) electrons. The van der Waals surface area contributed by atoms with Crippen LogP contribution in [0.1, 0.15) is 0 Å². The summed E-state index contributed by atoms with van der Waals surface area (Å²) in [4.78, 5) is 3.73. The maximum absolute atomic E-state index is 12.0. The van der Waals surface area contributed by atoms with Crippen LogP contribution < -0.4 is 10.5 Å². The number of rotatable bonds is 5. The molecule has 0 amide bonds. The van der Waals surface area contributed by atoms with Gasteiger partial charge in [0.25, 0.3) is 10.0 Å². The van der Waals surface area contributed by atoms with E-state index in [2.05, 4.69) is 20.0 Å². The lowest BCUT2D eigenvalue weighted by molar-refractivity contribution is 0.547. The lowest BCUT2D eigenvalue weighted by atomic mass is 10.6. The predicted molar refractivity (Wildman–Crippen MR) is 62.8 cm³/mol. The molecule has 0 aliphatic heterocycles. The second-order valence-corrected chi connectivity index (χ2v) is 5.29. The molecule has 0 atom stereocenters. The molecule has 2 rings (SSSR count). The minimum Gasteiger partial charge on any atom is -0.381 e. The van der Waals surface area contributed by atoms with Gasteiger partial charge < -0.3 is 10.3 Å². The normalized spacial score (nSPS) is 11.8. The molecule has 2 aromatic rings. The lowest BCUT2D eigenvalue weighted by Crippen LogP contribution is -2.29. The van der Waals surface area contributed by atoms with Crippen molar-refractivity contribution in [2.24, 2.45) is 7.05 Å². The number of anilines is 1. The number of nitrogens with zero attached hydrogens (tertiary/aromatic N) is 5. The van der Waals surface area contributed by atoms with Gasteiger partial charge in [-0.2, -0.15) is 0 Å². The van der Waals surface area contributed by atoms with Crippen LogP contribution in [-0.4, -0.2) is 39.5 Å². The number of hydrogen-bond donors (Lipinski definition) is 2. The first-order valence-corrected chi connectivity index (χ1v) is 6.59. The highest BCUT2D eigenvalue weighted by Crippen LogP contribution is 2.14. The van der Waals surface area contributed by atoms with Gasteiger partial charge in [0.2, 0.25) is 0 Å². The predicted octanol–water partition coefficient (Wildman–Crippen LogP) is -1.43. The SMILES string of the molecule is Cn1cnc(N)c1S(=O)(=O)NCCn1ccnn1. The van der Waals surface area contributed by atoms with Crippen LogP contribution in [0.25, 0.3) is 0 Å². The Bertz CT molecular complexity index is 596. The summed E-state index contributed by atoms with van der Waals surface area (Å²) in [7, 11) is -2.10. The van der Waals surface area contributed by atoms with E-state index in [1.54, 1.807) is 13.2 Å². The van der Waals surface area contributed by atoms with Crippen molar-refractivity contribution in [3.63, 3.8) is 0 Å². The van der Waals surface area contributed by atoms with Crippen molar-refractivity contribution >= 4 is 15.8 Å². The number of hydrogen-bond acceptors (Lipinski definition) is 6. The summed E-state index contributed by atoms with van der Waals surface area (Å²) >= 11 is 0. The first-order valence-electron chi connectivity index (χ1n) is 5.11. The Morgan fingerprint density at radius 3 is 2.83 bits per heavy atom. The van der Waals surface area contributed by atoms with E-state index in [0.29, 0.717) is 6.54 Å². The molecule has 0 bridgehead atoms. The largest absolute Gasteiger partial charge is 0.381 e. The number of aromatic nitrogens is 5. The van der Waals surface area contributed by atoms with E-state index in [4.69, 9.17) is 5.73 Å². The van der Waals surface area contributed by atoms with Gasteiger partial charge in [0.1, 0.15) is 0 Å². The maximum atomic E-state index is 12.0. The Morgan fingerprint density at radius 1 is 1.50 bits per heavy atom. The van der Waals surface area contributed by atoms with Gasteiger partial charge >= 0.3 is 0 Å². The molecule has 9 nitrogen and oxygen atoms in total. The molecule has 0 aromatic carbocycles. The number of imidazole rings is 1. The second kappa shape index (κ2) is 4.74. The molecule has 3 N–H and O–H groups in total. The van der Waals surface area contributed by atoms with Crippen molar-refractivity contribution in [3.05, 3.63) is 18.7 Å². The van der Waals surface area contributed by atoms with Gasteiger partial charge in [0.05, 0.1) is 19.1 Å². The van der Waals surface area contributed by atoms with Gasteiger partial charge in [0.15, 0.2) is 10.8 Å². The Labute approximate surface area is 104 Å². The molecule has 0 spiro atoms. The molecule has 2 heterocycles. The zero-order valence-corrected chi connectivity index (χ0v) is 10.5. The summed E-state index contributed by atoms with van der Waals surface area (Å²) in [5.74, 6) is -0.0224. The molecule has 0 aliphatic rings. The van der Waals surface area contributed by atoms with Crippen LogP contribution in [0, 0.1) is 0 Å². The van der Waals surface area contributed by atoms with Crippen LogP contribution in [0.5, 0.6) is 0 Å². The number of nitrogens with one attached hydrogen (secondary N) is 1. The van der Waals surface area contributed by atoms with Gasteiger partial charge in [0, 0.05) is 19.8 Å². The van der Waals surface area contributed by atoms with Crippen molar-refractivity contribution in [2.75, 3.05) is 12.3 Å². The Balaban J connectivity index is 2.04. The van der Waals surface area contributed by atoms with E-state index >= 15 is 0 Å². The van der Waals surface area contributed by atoms with Crippen LogP contribution in [-0.2, 0) is 23.6 Å². The van der Waals surface area contributed by atoms with E-state index in [9.17, 15) is 8.42 Å². The first-order chi connectivity index (χ1) is 8.50. The highest BCUT2D eigenvalue weighted by Gasteiger charge is 2.21. The summed E-state index contributed by atoms with van der Waals surface area (Å²) in [6.07, 6.45) is 4.52. The van der Waals surface area contributed by atoms with Crippen LogP contribution in [0.15, 0.2) is 23.7 Å². The molecule has 0 unspecified atom stereocenters. The van der Waals surface area contributed by atoms with E-state index in [0.717, 1.165) is 0 Å². The van der Waals surface area contributed by atoms with Crippen LogP contribution >= 0.6 is 0 Å². The Hall–Kier alpha value is -1.94. The van der Waals surface area contributed by atoms with Crippen LogP contribution in [0.2, 0.25) is 0 Å². The molecule has 0 saturated carbocycles. The fraction of sp³-hybridized carbons (Fsp3) is 0.375. The monoisotopic (exact) mass is 271 g/mol. The average molecular weight is 271 g/mol. The summed E-state index contributed by atoms with van der Waals surface area (Å²) < 4.78 is 29.2. The lowest BCUT2D eigenvalue weighted by Gasteiger charge is -2.07. The van der Waals surface area contributed by atoms with Crippen LogP contribution in [0.3, 0.4) is 0 Å². The minimum atomic E-state index is -3.67. The van der Waals surface area contributed by atoms with E-state index in [-0.39, 0.29) is 17.4 Å². The Kier molecular flexibility index (Phi) is 3.30. The third-order valence-electron chi connectivity index (χ3n) is 2.27. The van der Waals surface area contributed by atoms with Crippen molar-refractivity contribution in [3.8, 4) is 0 Å². The fourth-order valence-electron chi connectivity index (χ4n) is 1.48. The Morgan fingerprint density at radius 2 is 2.28 bits per heavy atom. The van der Waals surface area contributed by atoms with E-state index in [1.165, 1.54) is 21.8 Å². The molecule has 2 aromatic heterocycles. The molecule has 18 heavy (non-hydrogen) atoms. The van der Waals surface area contributed by atoms with Gasteiger partial charge in [-0.3, -0.25) is 4.68 Å².